The second kappa shape index (κ2) is 5.53. The number of oxime groups is 1. The highest BCUT2D eigenvalue weighted by atomic mass is 16.6. The normalized spacial score (nSPS) is 12.1. The molecule has 0 saturated heterocycles. The van der Waals surface area contributed by atoms with Gasteiger partial charge in [-0.3, -0.25) is 5.32 Å². The SMILES string of the molecule is C/C(=N/O)c1ccc(NC(=O)OC(C)(C)C)cc1. The zero-order chi connectivity index (χ0) is 13.8. The summed E-state index contributed by atoms with van der Waals surface area (Å²) < 4.78 is 5.13. The number of rotatable bonds is 2. The van der Waals surface area contributed by atoms with E-state index in [9.17, 15) is 4.79 Å². The molecule has 0 aromatic heterocycles. The maximum atomic E-state index is 11.5. The van der Waals surface area contributed by atoms with Crippen LogP contribution >= 0.6 is 0 Å². The van der Waals surface area contributed by atoms with Crippen molar-refractivity contribution in [2.24, 2.45) is 5.16 Å². The molecule has 1 aromatic rings. The highest BCUT2D eigenvalue weighted by molar-refractivity contribution is 5.98. The Labute approximate surface area is 106 Å². The summed E-state index contributed by atoms with van der Waals surface area (Å²) in [5.74, 6) is 0. The van der Waals surface area contributed by atoms with Crippen molar-refractivity contribution in [3.63, 3.8) is 0 Å². The summed E-state index contributed by atoms with van der Waals surface area (Å²) in [6.07, 6.45) is -0.497. The van der Waals surface area contributed by atoms with Crippen LogP contribution < -0.4 is 5.32 Å². The van der Waals surface area contributed by atoms with E-state index < -0.39 is 11.7 Å². The van der Waals surface area contributed by atoms with E-state index in [2.05, 4.69) is 10.5 Å². The van der Waals surface area contributed by atoms with Crippen LogP contribution in [0.25, 0.3) is 0 Å². The van der Waals surface area contributed by atoms with E-state index in [0.29, 0.717) is 11.4 Å². The summed E-state index contributed by atoms with van der Waals surface area (Å²) in [5.41, 5.74) is 1.40. The lowest BCUT2D eigenvalue weighted by atomic mass is 10.1. The van der Waals surface area contributed by atoms with E-state index in [-0.39, 0.29) is 0 Å². The monoisotopic (exact) mass is 250 g/mol. The van der Waals surface area contributed by atoms with Gasteiger partial charge < -0.3 is 9.94 Å². The van der Waals surface area contributed by atoms with E-state index in [0.717, 1.165) is 5.56 Å². The van der Waals surface area contributed by atoms with Gasteiger partial charge in [-0.25, -0.2) is 4.79 Å². The van der Waals surface area contributed by atoms with Gasteiger partial charge in [-0.15, -0.1) is 0 Å². The Morgan fingerprint density at radius 2 is 1.83 bits per heavy atom. The molecule has 18 heavy (non-hydrogen) atoms. The minimum Gasteiger partial charge on any atom is -0.444 e. The van der Waals surface area contributed by atoms with E-state index in [1.54, 1.807) is 52.0 Å². The molecular formula is C13H18N2O3. The van der Waals surface area contributed by atoms with Crippen molar-refractivity contribution in [3.8, 4) is 0 Å². The maximum absolute atomic E-state index is 11.5. The van der Waals surface area contributed by atoms with Gasteiger partial charge in [0.2, 0.25) is 0 Å². The highest BCUT2D eigenvalue weighted by Gasteiger charge is 2.16. The van der Waals surface area contributed by atoms with Crippen molar-refractivity contribution in [2.45, 2.75) is 33.3 Å². The number of nitrogens with one attached hydrogen (secondary N) is 1. The van der Waals surface area contributed by atoms with Gasteiger partial charge in [0, 0.05) is 5.69 Å². The van der Waals surface area contributed by atoms with Crippen LogP contribution in [-0.2, 0) is 4.74 Å². The number of carbonyl (C=O) groups excluding carboxylic acids is 1. The zero-order valence-electron chi connectivity index (χ0n) is 11.0. The van der Waals surface area contributed by atoms with Gasteiger partial charge in [-0.1, -0.05) is 17.3 Å². The summed E-state index contributed by atoms with van der Waals surface area (Å²) in [5, 5.41) is 14.4. The molecule has 2 N–H and O–H groups in total. The summed E-state index contributed by atoms with van der Waals surface area (Å²) in [4.78, 5) is 11.5. The second-order valence-corrected chi connectivity index (χ2v) is 4.89. The predicted octanol–water partition coefficient (Wildman–Crippen LogP) is 3.23. The fraction of sp³-hybridized carbons (Fsp3) is 0.385. The van der Waals surface area contributed by atoms with E-state index in [1.807, 2.05) is 0 Å². The Balaban J connectivity index is 2.67. The standard InChI is InChI=1S/C13H18N2O3/c1-9(15-17)10-5-7-11(8-6-10)14-12(16)18-13(2,3)4/h5-8,17H,1-4H3,(H,14,16)/b15-9-. The van der Waals surface area contributed by atoms with Crippen molar-refractivity contribution in [1.29, 1.82) is 0 Å². The Bertz CT molecular complexity index is 444. The number of hydrogen-bond acceptors (Lipinski definition) is 4. The van der Waals surface area contributed by atoms with E-state index >= 15 is 0 Å². The van der Waals surface area contributed by atoms with Crippen molar-refractivity contribution >= 4 is 17.5 Å². The molecule has 0 fully saturated rings. The van der Waals surface area contributed by atoms with Crippen LogP contribution in [0.1, 0.15) is 33.3 Å². The molecule has 98 valence electrons. The summed E-state index contributed by atoms with van der Waals surface area (Å²) in [6.45, 7) is 7.10. The molecule has 0 unspecified atom stereocenters. The first-order valence-corrected chi connectivity index (χ1v) is 5.61. The maximum Gasteiger partial charge on any atom is 0.412 e. The molecule has 5 heteroatoms. The van der Waals surface area contributed by atoms with E-state index in [4.69, 9.17) is 9.94 Å². The third-order valence-electron chi connectivity index (χ3n) is 2.10. The van der Waals surface area contributed by atoms with Crippen LogP contribution in [0.5, 0.6) is 0 Å². The van der Waals surface area contributed by atoms with Crippen molar-refractivity contribution in [3.05, 3.63) is 29.8 Å². The first-order chi connectivity index (χ1) is 8.31. The lowest BCUT2D eigenvalue weighted by Gasteiger charge is -2.19. The summed E-state index contributed by atoms with van der Waals surface area (Å²) >= 11 is 0. The molecule has 0 aliphatic heterocycles. The minimum absolute atomic E-state index is 0.497. The minimum atomic E-state index is -0.524. The Kier molecular flexibility index (Phi) is 4.31. The largest absolute Gasteiger partial charge is 0.444 e. The number of anilines is 1. The van der Waals surface area contributed by atoms with Gasteiger partial charge in [0.25, 0.3) is 0 Å². The van der Waals surface area contributed by atoms with Crippen LogP contribution in [0.2, 0.25) is 0 Å². The Morgan fingerprint density at radius 3 is 2.28 bits per heavy atom. The quantitative estimate of drug-likeness (QED) is 0.481. The van der Waals surface area contributed by atoms with Gasteiger partial charge in [-0.2, -0.15) is 0 Å². The van der Waals surface area contributed by atoms with Crippen LogP contribution in [-0.4, -0.2) is 22.6 Å². The molecule has 1 rings (SSSR count). The molecule has 0 aliphatic carbocycles. The molecule has 1 aromatic carbocycles. The zero-order valence-corrected chi connectivity index (χ0v) is 11.0. The van der Waals surface area contributed by atoms with Crippen molar-refractivity contribution in [2.75, 3.05) is 5.32 Å². The Morgan fingerprint density at radius 1 is 1.28 bits per heavy atom. The fourth-order valence-electron chi connectivity index (χ4n) is 1.27. The molecular weight excluding hydrogens is 232 g/mol. The molecule has 0 saturated carbocycles. The predicted molar refractivity (Wildman–Crippen MR) is 70.3 cm³/mol. The number of amides is 1. The van der Waals surface area contributed by atoms with Gasteiger partial charge in [-0.05, 0) is 45.4 Å². The highest BCUT2D eigenvalue weighted by Crippen LogP contribution is 2.13. The number of ether oxygens (including phenoxy) is 1. The number of benzene rings is 1. The van der Waals surface area contributed by atoms with Crippen LogP contribution in [0.4, 0.5) is 10.5 Å². The van der Waals surface area contributed by atoms with Gasteiger partial charge in [0.15, 0.2) is 0 Å². The number of hydrogen-bond donors (Lipinski definition) is 2. The second-order valence-electron chi connectivity index (χ2n) is 4.89. The van der Waals surface area contributed by atoms with Crippen LogP contribution in [0, 0.1) is 0 Å². The van der Waals surface area contributed by atoms with Gasteiger partial charge >= 0.3 is 6.09 Å². The molecule has 0 bridgehead atoms. The topological polar surface area (TPSA) is 70.9 Å². The number of carbonyl (C=O) groups is 1. The van der Waals surface area contributed by atoms with E-state index in [1.165, 1.54) is 0 Å². The number of nitrogens with zero attached hydrogens (tertiary/aromatic N) is 1. The fourth-order valence-corrected chi connectivity index (χ4v) is 1.27. The summed E-state index contributed by atoms with van der Waals surface area (Å²) in [6, 6.07) is 6.94. The average Bonchev–Trinajstić information content (AvgIpc) is 2.26. The van der Waals surface area contributed by atoms with Crippen LogP contribution in [0.15, 0.2) is 29.4 Å². The van der Waals surface area contributed by atoms with Crippen molar-refractivity contribution < 1.29 is 14.7 Å². The average molecular weight is 250 g/mol. The lowest BCUT2D eigenvalue weighted by Crippen LogP contribution is -2.27. The molecule has 5 nitrogen and oxygen atoms in total. The third-order valence-corrected chi connectivity index (χ3v) is 2.10. The molecule has 1 amide bonds. The molecule has 0 atom stereocenters. The summed E-state index contributed by atoms with van der Waals surface area (Å²) in [7, 11) is 0. The van der Waals surface area contributed by atoms with Gasteiger partial charge in [0.1, 0.15) is 5.60 Å². The van der Waals surface area contributed by atoms with Crippen molar-refractivity contribution in [1.82, 2.24) is 0 Å². The molecule has 0 aliphatic rings. The van der Waals surface area contributed by atoms with Crippen LogP contribution in [0.3, 0.4) is 0 Å². The first-order valence-electron chi connectivity index (χ1n) is 5.61. The first kappa shape index (κ1) is 14.0. The third kappa shape index (κ3) is 4.45. The molecule has 0 spiro atoms. The lowest BCUT2D eigenvalue weighted by molar-refractivity contribution is 0.0636. The van der Waals surface area contributed by atoms with Gasteiger partial charge in [0.05, 0.1) is 5.71 Å². The molecule has 0 heterocycles. The smallest absolute Gasteiger partial charge is 0.412 e. The molecule has 0 radical (unpaired) electrons. The Hall–Kier alpha value is -2.04.